The summed E-state index contributed by atoms with van der Waals surface area (Å²) < 4.78 is 2.00. The molecule has 0 aliphatic heterocycles. The largest absolute Gasteiger partial charge is 0.268 e. The second-order valence-electron chi connectivity index (χ2n) is 4.09. The predicted octanol–water partition coefficient (Wildman–Crippen LogP) is 4.29. The summed E-state index contributed by atoms with van der Waals surface area (Å²) in [5.41, 5.74) is 1.13. The van der Waals surface area contributed by atoms with E-state index in [9.17, 15) is 0 Å². The minimum Gasteiger partial charge on any atom is -0.268 e. The minimum atomic E-state index is 0.256. The zero-order chi connectivity index (χ0) is 12.0. The Morgan fingerprint density at radius 3 is 2.69 bits per heavy atom. The fourth-order valence-corrected chi connectivity index (χ4v) is 2.35. The first kappa shape index (κ1) is 13.9. The summed E-state index contributed by atoms with van der Waals surface area (Å²) in [6.45, 7) is 5.23. The molecule has 0 fully saturated rings. The lowest BCUT2D eigenvalue weighted by molar-refractivity contribution is 0.559. The lowest BCUT2D eigenvalue weighted by Crippen LogP contribution is -2.07. The lowest BCUT2D eigenvalue weighted by Gasteiger charge is -2.10. The summed E-state index contributed by atoms with van der Waals surface area (Å²) >= 11 is 12.3. The molecule has 0 radical (unpaired) electrons. The average molecular weight is 263 g/mol. The highest BCUT2D eigenvalue weighted by Crippen LogP contribution is 2.20. The Hall–Kier alpha value is -0.210. The highest BCUT2D eigenvalue weighted by atomic mass is 35.5. The van der Waals surface area contributed by atoms with Crippen molar-refractivity contribution in [3.63, 3.8) is 0 Å². The topological polar surface area (TPSA) is 17.8 Å². The molecule has 1 aromatic heterocycles. The molecule has 0 aliphatic rings. The molecule has 0 aromatic carbocycles. The lowest BCUT2D eigenvalue weighted by atomic mass is 10.1. The van der Waals surface area contributed by atoms with Gasteiger partial charge in [-0.3, -0.25) is 4.68 Å². The summed E-state index contributed by atoms with van der Waals surface area (Å²) in [6, 6.07) is 0. The van der Waals surface area contributed by atoms with Crippen molar-refractivity contribution in [1.82, 2.24) is 9.78 Å². The molecule has 1 aromatic rings. The van der Waals surface area contributed by atoms with Crippen LogP contribution in [0.3, 0.4) is 0 Å². The van der Waals surface area contributed by atoms with Gasteiger partial charge in [-0.15, -0.1) is 11.6 Å². The number of hydrogen-bond acceptors (Lipinski definition) is 1. The Morgan fingerprint density at radius 2 is 2.06 bits per heavy atom. The second-order valence-corrected chi connectivity index (χ2v) is 5.11. The molecule has 2 nitrogen and oxygen atoms in total. The zero-order valence-electron chi connectivity index (χ0n) is 10.0. The predicted molar refractivity (Wildman–Crippen MR) is 70.4 cm³/mol. The number of aryl methyl sites for hydroxylation is 1. The first-order chi connectivity index (χ1) is 7.69. The Labute approximate surface area is 108 Å². The van der Waals surface area contributed by atoms with E-state index in [0.29, 0.717) is 0 Å². The number of hydrogen-bond donors (Lipinski definition) is 0. The number of aromatic nitrogens is 2. The van der Waals surface area contributed by atoms with Crippen molar-refractivity contribution in [3.05, 3.63) is 16.9 Å². The standard InChI is InChI=1S/C12H20Cl2N2/c1-3-5-10(13)6-7-12-11(14)9-15-16(12)8-4-2/h9-10H,3-8H2,1-2H3. The van der Waals surface area contributed by atoms with Crippen LogP contribution in [-0.2, 0) is 13.0 Å². The first-order valence-electron chi connectivity index (χ1n) is 6.03. The third-order valence-electron chi connectivity index (χ3n) is 2.63. The molecular weight excluding hydrogens is 243 g/mol. The maximum atomic E-state index is 6.21. The van der Waals surface area contributed by atoms with E-state index in [1.165, 1.54) is 0 Å². The van der Waals surface area contributed by atoms with Crippen molar-refractivity contribution >= 4 is 23.2 Å². The third kappa shape index (κ3) is 3.99. The summed E-state index contributed by atoms with van der Waals surface area (Å²) in [6.07, 6.45) is 6.91. The number of rotatable bonds is 7. The molecule has 0 saturated carbocycles. The van der Waals surface area contributed by atoms with Crippen molar-refractivity contribution in [3.8, 4) is 0 Å². The van der Waals surface area contributed by atoms with Gasteiger partial charge >= 0.3 is 0 Å². The molecule has 0 N–H and O–H groups in total. The van der Waals surface area contributed by atoms with Crippen molar-refractivity contribution < 1.29 is 0 Å². The van der Waals surface area contributed by atoms with E-state index in [1.54, 1.807) is 6.20 Å². The monoisotopic (exact) mass is 262 g/mol. The Morgan fingerprint density at radius 1 is 1.31 bits per heavy atom. The number of nitrogens with zero attached hydrogens (tertiary/aromatic N) is 2. The molecule has 1 rings (SSSR count). The molecule has 1 unspecified atom stereocenters. The summed E-state index contributed by atoms with van der Waals surface area (Å²) in [5, 5.41) is 5.30. The number of halogens is 2. The van der Waals surface area contributed by atoms with Crippen LogP contribution in [0.25, 0.3) is 0 Å². The van der Waals surface area contributed by atoms with Gasteiger partial charge in [-0.05, 0) is 25.7 Å². The van der Waals surface area contributed by atoms with Crippen LogP contribution in [0.1, 0.15) is 45.2 Å². The van der Waals surface area contributed by atoms with Gasteiger partial charge in [0, 0.05) is 11.9 Å². The molecule has 0 amide bonds. The first-order valence-corrected chi connectivity index (χ1v) is 6.84. The molecule has 0 bridgehead atoms. The molecule has 0 aliphatic carbocycles. The molecule has 0 spiro atoms. The summed E-state index contributed by atoms with van der Waals surface area (Å²) in [5.74, 6) is 0. The highest BCUT2D eigenvalue weighted by Gasteiger charge is 2.11. The van der Waals surface area contributed by atoms with Crippen molar-refractivity contribution in [2.75, 3.05) is 0 Å². The van der Waals surface area contributed by atoms with Crippen LogP contribution in [0.15, 0.2) is 6.20 Å². The van der Waals surface area contributed by atoms with E-state index >= 15 is 0 Å². The van der Waals surface area contributed by atoms with Crippen LogP contribution in [0.5, 0.6) is 0 Å². The van der Waals surface area contributed by atoms with Crippen molar-refractivity contribution in [2.45, 2.75) is 57.9 Å². The smallest absolute Gasteiger partial charge is 0.0817 e. The van der Waals surface area contributed by atoms with Crippen LogP contribution in [-0.4, -0.2) is 15.2 Å². The van der Waals surface area contributed by atoms with Gasteiger partial charge < -0.3 is 0 Å². The van der Waals surface area contributed by atoms with Crippen molar-refractivity contribution in [1.29, 1.82) is 0 Å². The minimum absolute atomic E-state index is 0.256. The van der Waals surface area contributed by atoms with Gasteiger partial charge in [-0.1, -0.05) is 31.9 Å². The fraction of sp³-hybridized carbons (Fsp3) is 0.750. The Bertz CT molecular complexity index is 310. The highest BCUT2D eigenvalue weighted by molar-refractivity contribution is 6.31. The maximum absolute atomic E-state index is 6.21. The van der Waals surface area contributed by atoms with Gasteiger partial charge in [0.05, 0.1) is 16.9 Å². The number of alkyl halides is 1. The maximum Gasteiger partial charge on any atom is 0.0817 e. The van der Waals surface area contributed by atoms with E-state index in [1.807, 2.05) is 4.68 Å². The van der Waals surface area contributed by atoms with Crippen LogP contribution < -0.4 is 0 Å². The third-order valence-corrected chi connectivity index (χ3v) is 3.38. The van der Waals surface area contributed by atoms with Gasteiger partial charge in [0.1, 0.15) is 0 Å². The zero-order valence-corrected chi connectivity index (χ0v) is 11.6. The van der Waals surface area contributed by atoms with Crippen LogP contribution in [0, 0.1) is 0 Å². The van der Waals surface area contributed by atoms with Crippen molar-refractivity contribution in [2.24, 2.45) is 0 Å². The van der Waals surface area contributed by atoms with E-state index in [-0.39, 0.29) is 5.38 Å². The van der Waals surface area contributed by atoms with Crippen LogP contribution >= 0.6 is 23.2 Å². The molecule has 0 saturated heterocycles. The van der Waals surface area contributed by atoms with E-state index in [4.69, 9.17) is 23.2 Å². The SMILES string of the molecule is CCCC(Cl)CCc1c(Cl)cnn1CCC. The normalized spacial score (nSPS) is 13.0. The van der Waals surface area contributed by atoms with Gasteiger partial charge in [-0.2, -0.15) is 5.10 Å². The molecule has 1 heterocycles. The fourth-order valence-electron chi connectivity index (χ4n) is 1.79. The van der Waals surface area contributed by atoms with Gasteiger partial charge in [-0.25, -0.2) is 0 Å². The Balaban J connectivity index is 2.54. The molecular formula is C12H20Cl2N2. The quantitative estimate of drug-likeness (QED) is 0.671. The average Bonchev–Trinajstić information content (AvgIpc) is 2.58. The molecule has 4 heteroatoms. The van der Waals surface area contributed by atoms with Gasteiger partial charge in [0.15, 0.2) is 0 Å². The summed E-state index contributed by atoms with van der Waals surface area (Å²) in [4.78, 5) is 0. The van der Waals surface area contributed by atoms with E-state index in [2.05, 4.69) is 18.9 Å². The Kier molecular flexibility index (Phi) is 6.22. The van der Waals surface area contributed by atoms with Gasteiger partial charge in [0.2, 0.25) is 0 Å². The van der Waals surface area contributed by atoms with E-state index in [0.717, 1.165) is 49.4 Å². The molecule has 1 atom stereocenters. The molecule has 16 heavy (non-hydrogen) atoms. The second kappa shape index (κ2) is 7.18. The van der Waals surface area contributed by atoms with Crippen LogP contribution in [0.4, 0.5) is 0 Å². The molecule has 92 valence electrons. The van der Waals surface area contributed by atoms with E-state index < -0.39 is 0 Å². The van der Waals surface area contributed by atoms with Crippen LogP contribution in [0.2, 0.25) is 5.02 Å². The van der Waals surface area contributed by atoms with Gasteiger partial charge in [0.25, 0.3) is 0 Å². The summed E-state index contributed by atoms with van der Waals surface area (Å²) in [7, 11) is 0.